The van der Waals surface area contributed by atoms with Gasteiger partial charge in [0.05, 0.1) is 7.11 Å². The highest BCUT2D eigenvalue weighted by atomic mass is 16.5. The van der Waals surface area contributed by atoms with Crippen molar-refractivity contribution in [2.75, 3.05) is 7.11 Å². The van der Waals surface area contributed by atoms with Gasteiger partial charge in [-0.1, -0.05) is 0 Å². The van der Waals surface area contributed by atoms with Crippen LogP contribution in [0.3, 0.4) is 0 Å². The van der Waals surface area contributed by atoms with E-state index in [9.17, 15) is 9.59 Å². The summed E-state index contributed by atoms with van der Waals surface area (Å²) in [4.78, 5) is 24.5. The number of esters is 1. The van der Waals surface area contributed by atoms with Crippen molar-refractivity contribution in [2.24, 2.45) is 0 Å². The van der Waals surface area contributed by atoms with Gasteiger partial charge in [-0.2, -0.15) is 0 Å². The number of ether oxygens (including phenoxy) is 1. The van der Waals surface area contributed by atoms with Crippen LogP contribution in [0.25, 0.3) is 0 Å². The molecule has 0 aromatic carbocycles. The van der Waals surface area contributed by atoms with Crippen LogP contribution in [0.4, 0.5) is 0 Å². The molecule has 64 valence electrons. The van der Waals surface area contributed by atoms with E-state index in [2.05, 4.69) is 9.72 Å². The summed E-state index contributed by atoms with van der Waals surface area (Å²) in [6.45, 7) is 0. The predicted octanol–water partition coefficient (Wildman–Crippen LogP) is 0.760. The number of Topliss-reactive ketones (excluding diaryl/α,β-unsaturated/α-hetero) is 1. The lowest BCUT2D eigenvalue weighted by Crippen LogP contribution is -2.08. The Morgan fingerprint density at radius 2 is 2.33 bits per heavy atom. The Bertz CT molecular complexity index is 277. The van der Waals surface area contributed by atoms with E-state index in [1.54, 1.807) is 18.5 Å². The third-order valence-corrected chi connectivity index (χ3v) is 1.45. The SMILES string of the molecule is COC(=O)CC(=O)c1cc[nH]c1. The number of H-pyrrole nitrogens is 1. The fraction of sp³-hybridized carbons (Fsp3) is 0.250. The summed E-state index contributed by atoms with van der Waals surface area (Å²) in [5.41, 5.74) is 0.500. The zero-order valence-corrected chi connectivity index (χ0v) is 6.66. The first-order valence-corrected chi connectivity index (χ1v) is 3.47. The molecule has 12 heavy (non-hydrogen) atoms. The summed E-state index contributed by atoms with van der Waals surface area (Å²) in [6, 6.07) is 1.62. The molecule has 4 heteroatoms. The minimum atomic E-state index is -0.513. The molecule has 0 fully saturated rings. The van der Waals surface area contributed by atoms with Crippen LogP contribution in [-0.2, 0) is 9.53 Å². The van der Waals surface area contributed by atoms with Crippen molar-refractivity contribution in [1.82, 2.24) is 4.98 Å². The zero-order valence-electron chi connectivity index (χ0n) is 6.66. The van der Waals surface area contributed by atoms with Crippen LogP contribution >= 0.6 is 0 Å². The van der Waals surface area contributed by atoms with Gasteiger partial charge in [-0.25, -0.2) is 0 Å². The average molecular weight is 167 g/mol. The van der Waals surface area contributed by atoms with Gasteiger partial charge in [0.2, 0.25) is 0 Å². The van der Waals surface area contributed by atoms with Crippen molar-refractivity contribution >= 4 is 11.8 Å². The van der Waals surface area contributed by atoms with Crippen LogP contribution in [-0.4, -0.2) is 23.8 Å². The molecular formula is C8H9NO3. The maximum atomic E-state index is 11.2. The minimum Gasteiger partial charge on any atom is -0.469 e. The van der Waals surface area contributed by atoms with Gasteiger partial charge in [-0.3, -0.25) is 9.59 Å². The maximum absolute atomic E-state index is 11.2. The largest absolute Gasteiger partial charge is 0.469 e. The monoisotopic (exact) mass is 167 g/mol. The topological polar surface area (TPSA) is 59.2 Å². The number of nitrogens with one attached hydrogen (secondary N) is 1. The van der Waals surface area contributed by atoms with Gasteiger partial charge in [0.1, 0.15) is 6.42 Å². The summed E-state index contributed by atoms with van der Waals surface area (Å²) in [5, 5.41) is 0. The molecule has 0 saturated carbocycles. The number of hydrogen-bond donors (Lipinski definition) is 1. The Morgan fingerprint density at radius 1 is 1.58 bits per heavy atom. The molecule has 1 aromatic rings. The number of aromatic nitrogens is 1. The third kappa shape index (κ3) is 1.95. The summed E-state index contributed by atoms with van der Waals surface area (Å²) < 4.78 is 4.35. The first-order valence-electron chi connectivity index (χ1n) is 3.47. The van der Waals surface area contributed by atoms with Crippen molar-refractivity contribution in [3.63, 3.8) is 0 Å². The van der Waals surface area contributed by atoms with Gasteiger partial charge < -0.3 is 9.72 Å². The minimum absolute atomic E-state index is 0.200. The molecule has 0 atom stereocenters. The molecule has 1 N–H and O–H groups in total. The van der Waals surface area contributed by atoms with E-state index in [0.29, 0.717) is 5.56 Å². The molecule has 0 aliphatic carbocycles. The first kappa shape index (κ1) is 8.52. The van der Waals surface area contributed by atoms with E-state index >= 15 is 0 Å². The molecule has 1 rings (SSSR count). The van der Waals surface area contributed by atoms with Crippen molar-refractivity contribution in [3.05, 3.63) is 24.0 Å². The molecule has 0 aliphatic rings. The summed E-state index contributed by atoms with van der Waals surface area (Å²) >= 11 is 0. The molecule has 0 saturated heterocycles. The highest BCUT2D eigenvalue weighted by molar-refractivity contribution is 6.05. The smallest absolute Gasteiger partial charge is 0.313 e. The van der Waals surface area contributed by atoms with Gasteiger partial charge in [-0.05, 0) is 6.07 Å². The third-order valence-electron chi connectivity index (χ3n) is 1.45. The maximum Gasteiger partial charge on any atom is 0.313 e. The number of aromatic amines is 1. The number of rotatable bonds is 3. The predicted molar refractivity (Wildman–Crippen MR) is 41.8 cm³/mol. The van der Waals surface area contributed by atoms with Gasteiger partial charge >= 0.3 is 5.97 Å². The van der Waals surface area contributed by atoms with E-state index in [0.717, 1.165) is 0 Å². The molecule has 1 aromatic heterocycles. The highest BCUT2D eigenvalue weighted by Crippen LogP contribution is 2.01. The summed E-state index contributed by atoms with van der Waals surface area (Å²) in [7, 11) is 1.26. The lowest BCUT2D eigenvalue weighted by atomic mass is 10.2. The second-order valence-electron chi connectivity index (χ2n) is 2.28. The fourth-order valence-electron chi connectivity index (χ4n) is 0.803. The number of carbonyl (C=O) groups excluding carboxylic acids is 2. The Kier molecular flexibility index (Phi) is 2.63. The molecule has 0 amide bonds. The van der Waals surface area contributed by atoms with Crippen LogP contribution in [0.2, 0.25) is 0 Å². The quantitative estimate of drug-likeness (QED) is 0.410. The van der Waals surface area contributed by atoms with E-state index in [4.69, 9.17) is 0 Å². The van der Waals surface area contributed by atoms with Crippen LogP contribution in [0.15, 0.2) is 18.5 Å². The second-order valence-corrected chi connectivity index (χ2v) is 2.28. The molecule has 0 radical (unpaired) electrons. The van der Waals surface area contributed by atoms with Gasteiger partial charge in [0.15, 0.2) is 5.78 Å². The molecule has 0 unspecified atom stereocenters. The Morgan fingerprint density at radius 3 is 2.83 bits per heavy atom. The van der Waals surface area contributed by atoms with Gasteiger partial charge in [0, 0.05) is 18.0 Å². The second kappa shape index (κ2) is 3.71. The average Bonchev–Trinajstić information content (AvgIpc) is 2.56. The molecule has 0 aliphatic heterocycles. The van der Waals surface area contributed by atoms with E-state index < -0.39 is 5.97 Å². The van der Waals surface area contributed by atoms with Crippen molar-refractivity contribution < 1.29 is 14.3 Å². The van der Waals surface area contributed by atoms with Gasteiger partial charge in [0.25, 0.3) is 0 Å². The summed E-state index contributed by atoms with van der Waals surface area (Å²) in [5.74, 6) is -0.746. The first-order chi connectivity index (χ1) is 5.74. The van der Waals surface area contributed by atoms with Crippen LogP contribution in [0.5, 0.6) is 0 Å². The van der Waals surface area contributed by atoms with Crippen LogP contribution in [0.1, 0.15) is 16.8 Å². The normalized spacial score (nSPS) is 9.42. The summed E-state index contributed by atoms with van der Waals surface area (Å²) in [6.07, 6.45) is 2.98. The number of ketones is 1. The molecule has 0 bridgehead atoms. The number of carbonyl (C=O) groups is 2. The number of methoxy groups -OCH3 is 1. The molecule has 0 spiro atoms. The van der Waals surface area contributed by atoms with E-state index in [1.165, 1.54) is 7.11 Å². The standard InChI is InChI=1S/C8H9NO3/c1-12-8(11)4-7(10)6-2-3-9-5-6/h2-3,5,9H,4H2,1H3. The zero-order chi connectivity index (χ0) is 8.97. The molecular weight excluding hydrogens is 158 g/mol. The van der Waals surface area contributed by atoms with Crippen molar-refractivity contribution in [3.8, 4) is 0 Å². The Hall–Kier alpha value is -1.58. The van der Waals surface area contributed by atoms with Gasteiger partial charge in [-0.15, -0.1) is 0 Å². The molecule has 4 nitrogen and oxygen atoms in total. The fourth-order valence-corrected chi connectivity index (χ4v) is 0.803. The Labute approximate surface area is 69.5 Å². The number of hydrogen-bond acceptors (Lipinski definition) is 3. The lowest BCUT2D eigenvalue weighted by molar-refractivity contribution is -0.139. The van der Waals surface area contributed by atoms with Crippen LogP contribution in [0, 0.1) is 0 Å². The van der Waals surface area contributed by atoms with Crippen molar-refractivity contribution in [1.29, 1.82) is 0 Å². The van der Waals surface area contributed by atoms with E-state index in [1.807, 2.05) is 0 Å². The Balaban J connectivity index is 2.56. The highest BCUT2D eigenvalue weighted by Gasteiger charge is 2.11. The molecule has 1 heterocycles. The lowest BCUT2D eigenvalue weighted by Gasteiger charge is -1.95. The van der Waals surface area contributed by atoms with Crippen molar-refractivity contribution in [2.45, 2.75) is 6.42 Å². The van der Waals surface area contributed by atoms with Crippen LogP contribution < -0.4 is 0 Å². The van der Waals surface area contributed by atoms with E-state index in [-0.39, 0.29) is 12.2 Å².